The zero-order valence-electron chi connectivity index (χ0n) is 17.9. The molecule has 4 rings (SSSR count). The van der Waals surface area contributed by atoms with Gasteiger partial charge in [-0.3, -0.25) is 14.2 Å². The Morgan fingerprint density at radius 1 is 1.21 bits per heavy atom. The second kappa shape index (κ2) is 9.41. The van der Waals surface area contributed by atoms with Crippen molar-refractivity contribution in [2.24, 2.45) is 0 Å². The van der Waals surface area contributed by atoms with Crippen LogP contribution < -0.4 is 10.3 Å². The van der Waals surface area contributed by atoms with E-state index in [4.69, 9.17) is 0 Å². The largest absolute Gasteiger partial charge is 0.573 e. The number of H-pyrrole nitrogens is 1. The number of halogens is 3. The summed E-state index contributed by atoms with van der Waals surface area (Å²) in [5, 5.41) is 9.70. The lowest BCUT2D eigenvalue weighted by Crippen LogP contribution is -2.24. The standard InChI is InChI=1S/C23H20F3N3O4S/c1-2-3-8-17(21(31)32)34-22-28-18-15-6-4-5-7-16(15)27-19(18)20(30)29(22)13-9-11-14(12-10-13)33-23(24,25)26/h4-7,9-12,17,27H,2-3,8H2,1H3,(H,31,32). The summed E-state index contributed by atoms with van der Waals surface area (Å²) < 4.78 is 42.7. The number of unbranched alkanes of at least 4 members (excludes halogenated alkanes) is 1. The number of aromatic nitrogens is 3. The van der Waals surface area contributed by atoms with E-state index in [1.807, 2.05) is 6.92 Å². The van der Waals surface area contributed by atoms with Gasteiger partial charge < -0.3 is 14.8 Å². The van der Waals surface area contributed by atoms with E-state index in [1.54, 1.807) is 24.3 Å². The highest BCUT2D eigenvalue weighted by atomic mass is 32.2. The number of carbonyl (C=O) groups is 1. The van der Waals surface area contributed by atoms with Gasteiger partial charge in [-0.25, -0.2) is 4.98 Å². The molecule has 0 saturated heterocycles. The zero-order valence-corrected chi connectivity index (χ0v) is 18.7. The number of ether oxygens (including phenoxy) is 1. The van der Waals surface area contributed by atoms with Crippen LogP contribution in [0.3, 0.4) is 0 Å². The Kier molecular flexibility index (Phi) is 6.56. The van der Waals surface area contributed by atoms with Gasteiger partial charge in [-0.2, -0.15) is 0 Å². The number of fused-ring (bicyclic) bond motifs is 3. The molecule has 34 heavy (non-hydrogen) atoms. The van der Waals surface area contributed by atoms with Crippen LogP contribution in [0.5, 0.6) is 5.75 Å². The van der Waals surface area contributed by atoms with Gasteiger partial charge in [-0.15, -0.1) is 13.2 Å². The Balaban J connectivity index is 1.88. The first-order valence-electron chi connectivity index (χ1n) is 10.5. The van der Waals surface area contributed by atoms with E-state index in [9.17, 15) is 27.9 Å². The summed E-state index contributed by atoms with van der Waals surface area (Å²) in [6.45, 7) is 1.94. The van der Waals surface area contributed by atoms with E-state index >= 15 is 0 Å². The molecule has 0 saturated carbocycles. The number of benzene rings is 2. The number of nitrogens with one attached hydrogen (secondary N) is 1. The first-order chi connectivity index (χ1) is 16.2. The average Bonchev–Trinajstić information content (AvgIpc) is 3.15. The van der Waals surface area contributed by atoms with Crippen molar-refractivity contribution in [3.05, 3.63) is 58.9 Å². The van der Waals surface area contributed by atoms with Gasteiger partial charge in [0.1, 0.15) is 22.0 Å². The van der Waals surface area contributed by atoms with Crippen LogP contribution in [-0.4, -0.2) is 37.2 Å². The van der Waals surface area contributed by atoms with Crippen LogP contribution in [0, 0.1) is 0 Å². The zero-order chi connectivity index (χ0) is 24.5. The Hall–Kier alpha value is -3.47. The second-order valence-electron chi connectivity index (χ2n) is 7.56. The Bertz CT molecular complexity index is 1400. The molecule has 0 aliphatic rings. The first-order valence-corrected chi connectivity index (χ1v) is 11.3. The molecular formula is C23H20F3N3O4S. The van der Waals surface area contributed by atoms with Crippen LogP contribution >= 0.6 is 11.8 Å². The molecule has 0 spiro atoms. The highest BCUT2D eigenvalue weighted by Crippen LogP contribution is 2.31. The van der Waals surface area contributed by atoms with E-state index in [0.717, 1.165) is 30.3 Å². The van der Waals surface area contributed by atoms with Crippen molar-refractivity contribution in [1.29, 1.82) is 0 Å². The second-order valence-corrected chi connectivity index (χ2v) is 8.73. The number of alkyl halides is 3. The van der Waals surface area contributed by atoms with Gasteiger partial charge in [0.15, 0.2) is 5.16 Å². The molecule has 2 heterocycles. The molecule has 1 unspecified atom stereocenters. The number of aromatic amines is 1. The topological polar surface area (TPSA) is 97.2 Å². The number of carboxylic acid groups (broad SMARTS) is 1. The smallest absolute Gasteiger partial charge is 0.480 e. The number of hydrogen-bond donors (Lipinski definition) is 2. The molecule has 0 aliphatic heterocycles. The molecule has 178 valence electrons. The number of para-hydroxylation sites is 1. The monoisotopic (exact) mass is 491 g/mol. The summed E-state index contributed by atoms with van der Waals surface area (Å²) in [6.07, 6.45) is -3.01. The van der Waals surface area contributed by atoms with Crippen molar-refractivity contribution in [2.45, 2.75) is 43.0 Å². The van der Waals surface area contributed by atoms with Crippen LogP contribution in [0.4, 0.5) is 13.2 Å². The number of aliphatic carboxylic acids is 1. The average molecular weight is 491 g/mol. The molecule has 2 N–H and O–H groups in total. The van der Waals surface area contributed by atoms with Crippen molar-refractivity contribution in [2.75, 3.05) is 0 Å². The SMILES string of the molecule is CCCCC(Sc1nc2c([nH]c3ccccc32)c(=O)n1-c1ccc(OC(F)(F)F)cc1)C(=O)O. The fourth-order valence-corrected chi connectivity index (χ4v) is 4.67. The Morgan fingerprint density at radius 3 is 2.56 bits per heavy atom. The Morgan fingerprint density at radius 2 is 1.91 bits per heavy atom. The summed E-state index contributed by atoms with van der Waals surface area (Å²) >= 11 is 0.941. The number of rotatable bonds is 8. The highest BCUT2D eigenvalue weighted by molar-refractivity contribution is 8.00. The quantitative estimate of drug-likeness (QED) is 0.250. The summed E-state index contributed by atoms with van der Waals surface area (Å²) in [7, 11) is 0. The third kappa shape index (κ3) is 4.89. The van der Waals surface area contributed by atoms with Crippen molar-refractivity contribution >= 4 is 39.7 Å². The molecular weight excluding hydrogens is 471 g/mol. The van der Waals surface area contributed by atoms with Gasteiger partial charge in [0, 0.05) is 10.9 Å². The van der Waals surface area contributed by atoms with Gasteiger partial charge in [0.2, 0.25) is 0 Å². The van der Waals surface area contributed by atoms with Crippen LogP contribution in [0.25, 0.3) is 27.6 Å². The van der Waals surface area contributed by atoms with E-state index in [0.29, 0.717) is 29.3 Å². The number of thioether (sulfide) groups is 1. The van der Waals surface area contributed by atoms with Gasteiger partial charge in [-0.05, 0) is 36.8 Å². The summed E-state index contributed by atoms with van der Waals surface area (Å²) in [5.41, 5.74) is 1.03. The lowest BCUT2D eigenvalue weighted by molar-refractivity contribution is -0.274. The molecule has 2 aromatic heterocycles. The van der Waals surface area contributed by atoms with Crippen molar-refractivity contribution in [1.82, 2.24) is 14.5 Å². The maximum Gasteiger partial charge on any atom is 0.573 e. The molecule has 0 amide bonds. The molecule has 4 aromatic rings. The van der Waals surface area contributed by atoms with E-state index in [1.165, 1.54) is 16.7 Å². The predicted molar refractivity (Wildman–Crippen MR) is 123 cm³/mol. The lowest BCUT2D eigenvalue weighted by atomic mass is 10.2. The fraction of sp³-hybridized carbons (Fsp3) is 0.261. The summed E-state index contributed by atoms with van der Waals surface area (Å²) in [4.78, 5) is 33.1. The molecule has 0 bridgehead atoms. The predicted octanol–water partition coefficient (Wildman–Crippen LogP) is 5.50. The molecule has 1 atom stereocenters. The molecule has 7 nitrogen and oxygen atoms in total. The van der Waals surface area contributed by atoms with E-state index < -0.39 is 28.9 Å². The minimum atomic E-state index is -4.85. The lowest BCUT2D eigenvalue weighted by Gasteiger charge is -2.16. The normalized spacial score (nSPS) is 12.8. The molecule has 0 fully saturated rings. The number of nitrogens with zero attached hydrogens (tertiary/aromatic N) is 2. The van der Waals surface area contributed by atoms with Gasteiger partial charge in [-0.1, -0.05) is 49.7 Å². The van der Waals surface area contributed by atoms with E-state index in [-0.39, 0.29) is 16.4 Å². The molecule has 2 aromatic carbocycles. The fourth-order valence-electron chi connectivity index (χ4n) is 3.60. The maximum absolute atomic E-state index is 13.5. The van der Waals surface area contributed by atoms with Crippen LogP contribution in [-0.2, 0) is 4.79 Å². The van der Waals surface area contributed by atoms with Crippen LogP contribution in [0.15, 0.2) is 58.5 Å². The third-order valence-electron chi connectivity index (χ3n) is 5.17. The minimum Gasteiger partial charge on any atom is -0.480 e. The minimum absolute atomic E-state index is 0.134. The molecule has 0 aliphatic carbocycles. The van der Waals surface area contributed by atoms with Crippen molar-refractivity contribution < 1.29 is 27.8 Å². The third-order valence-corrected chi connectivity index (χ3v) is 6.37. The first kappa shape index (κ1) is 23.7. The van der Waals surface area contributed by atoms with Crippen LogP contribution in [0.2, 0.25) is 0 Å². The van der Waals surface area contributed by atoms with Gasteiger partial charge >= 0.3 is 12.3 Å². The van der Waals surface area contributed by atoms with Gasteiger partial charge in [0.05, 0.1) is 5.69 Å². The summed E-state index contributed by atoms with van der Waals surface area (Å²) in [5.74, 6) is -1.48. The Labute approximate surface area is 195 Å². The molecule has 0 radical (unpaired) electrons. The summed E-state index contributed by atoms with van der Waals surface area (Å²) in [6, 6.07) is 12.0. The molecule has 11 heteroatoms. The van der Waals surface area contributed by atoms with Crippen molar-refractivity contribution in [3.8, 4) is 11.4 Å². The number of carboxylic acids is 1. The van der Waals surface area contributed by atoms with Crippen molar-refractivity contribution in [3.63, 3.8) is 0 Å². The highest BCUT2D eigenvalue weighted by Gasteiger charge is 2.31. The van der Waals surface area contributed by atoms with E-state index in [2.05, 4.69) is 14.7 Å². The van der Waals surface area contributed by atoms with Crippen LogP contribution in [0.1, 0.15) is 26.2 Å². The maximum atomic E-state index is 13.5. The van der Waals surface area contributed by atoms with Gasteiger partial charge in [0.25, 0.3) is 5.56 Å². The number of hydrogen-bond acceptors (Lipinski definition) is 5.